The Morgan fingerprint density at radius 1 is 1.38 bits per heavy atom. The van der Waals surface area contributed by atoms with E-state index in [0.29, 0.717) is 5.57 Å². The third-order valence-corrected chi connectivity index (χ3v) is 3.90. The second-order valence-corrected chi connectivity index (χ2v) is 5.06. The summed E-state index contributed by atoms with van der Waals surface area (Å²) >= 11 is 0. The van der Waals surface area contributed by atoms with E-state index in [1.165, 1.54) is 19.3 Å². The van der Waals surface area contributed by atoms with Crippen molar-refractivity contribution in [3.05, 3.63) is 12.2 Å². The van der Waals surface area contributed by atoms with Gasteiger partial charge in [0.15, 0.2) is 0 Å². The van der Waals surface area contributed by atoms with Gasteiger partial charge in [-0.3, -0.25) is 0 Å². The lowest BCUT2D eigenvalue weighted by molar-refractivity contribution is -0.160. The molecule has 0 bridgehead atoms. The van der Waals surface area contributed by atoms with E-state index in [1.807, 2.05) is 0 Å². The monoisotopic (exact) mass is 224 g/mol. The largest absolute Gasteiger partial charge is 0.456 e. The maximum atomic E-state index is 11.6. The number of hydrogen-bond donors (Lipinski definition) is 0. The van der Waals surface area contributed by atoms with Crippen LogP contribution < -0.4 is 0 Å². The van der Waals surface area contributed by atoms with Gasteiger partial charge in [0.25, 0.3) is 0 Å². The predicted octanol–water partition coefficient (Wildman–Crippen LogP) is 3.85. The molecule has 0 N–H and O–H groups in total. The predicted molar refractivity (Wildman–Crippen MR) is 66.2 cm³/mol. The lowest BCUT2D eigenvalue weighted by atomic mass is 9.76. The van der Waals surface area contributed by atoms with Gasteiger partial charge in [0.2, 0.25) is 0 Å². The summed E-state index contributed by atoms with van der Waals surface area (Å²) in [5, 5.41) is 0. The van der Waals surface area contributed by atoms with Crippen LogP contribution in [0.2, 0.25) is 0 Å². The Labute approximate surface area is 99.1 Å². The van der Waals surface area contributed by atoms with Crippen LogP contribution in [0.1, 0.15) is 59.3 Å². The standard InChI is InChI=1S/C14H24O2/c1-5-12-7-9-14(6-2,10-8-12)16-13(15)11(3)4/h12H,3,5-10H2,1-2,4H3. The Morgan fingerprint density at radius 3 is 2.31 bits per heavy atom. The van der Waals surface area contributed by atoms with Crippen molar-refractivity contribution >= 4 is 5.97 Å². The van der Waals surface area contributed by atoms with Gasteiger partial charge in [0, 0.05) is 5.57 Å². The van der Waals surface area contributed by atoms with Crippen molar-refractivity contribution in [1.82, 2.24) is 0 Å². The number of ether oxygens (including phenoxy) is 1. The molecule has 1 saturated carbocycles. The summed E-state index contributed by atoms with van der Waals surface area (Å²) in [7, 11) is 0. The van der Waals surface area contributed by atoms with Crippen LogP contribution in [-0.2, 0) is 9.53 Å². The minimum Gasteiger partial charge on any atom is -0.456 e. The SMILES string of the molecule is C=C(C)C(=O)OC1(CC)CCC(CC)CC1. The average molecular weight is 224 g/mol. The van der Waals surface area contributed by atoms with Gasteiger partial charge in [-0.2, -0.15) is 0 Å². The van der Waals surface area contributed by atoms with Crippen LogP contribution in [-0.4, -0.2) is 11.6 Å². The van der Waals surface area contributed by atoms with E-state index in [4.69, 9.17) is 4.74 Å². The first-order chi connectivity index (χ1) is 7.53. The molecule has 0 aromatic rings. The number of esters is 1. The van der Waals surface area contributed by atoms with Crippen LogP contribution in [0.4, 0.5) is 0 Å². The molecular formula is C14H24O2. The van der Waals surface area contributed by atoms with E-state index in [9.17, 15) is 4.79 Å². The fourth-order valence-electron chi connectivity index (χ4n) is 2.42. The van der Waals surface area contributed by atoms with Crippen molar-refractivity contribution < 1.29 is 9.53 Å². The second-order valence-electron chi connectivity index (χ2n) is 5.06. The van der Waals surface area contributed by atoms with Gasteiger partial charge in [-0.25, -0.2) is 4.79 Å². The van der Waals surface area contributed by atoms with E-state index in [-0.39, 0.29) is 11.6 Å². The van der Waals surface area contributed by atoms with E-state index in [2.05, 4.69) is 20.4 Å². The van der Waals surface area contributed by atoms with Crippen LogP contribution in [0.25, 0.3) is 0 Å². The van der Waals surface area contributed by atoms with Gasteiger partial charge in [0.05, 0.1) is 0 Å². The van der Waals surface area contributed by atoms with Gasteiger partial charge >= 0.3 is 5.97 Å². The van der Waals surface area contributed by atoms with Gasteiger partial charge < -0.3 is 4.74 Å². The molecule has 16 heavy (non-hydrogen) atoms. The Kier molecular flexibility index (Phi) is 4.57. The lowest BCUT2D eigenvalue weighted by Crippen LogP contribution is -2.38. The molecule has 0 radical (unpaired) electrons. The molecule has 1 rings (SSSR count). The van der Waals surface area contributed by atoms with Crippen LogP contribution in [0.5, 0.6) is 0 Å². The van der Waals surface area contributed by atoms with Gasteiger partial charge in [-0.1, -0.05) is 26.8 Å². The highest BCUT2D eigenvalue weighted by Gasteiger charge is 2.36. The molecule has 0 spiro atoms. The Bertz CT molecular complexity index is 260. The molecule has 2 nitrogen and oxygen atoms in total. The molecule has 0 aromatic heterocycles. The molecule has 1 aliphatic rings. The zero-order chi connectivity index (χ0) is 12.2. The molecule has 0 unspecified atom stereocenters. The number of carbonyl (C=O) groups excluding carboxylic acids is 1. The number of carbonyl (C=O) groups is 1. The molecule has 0 atom stereocenters. The third kappa shape index (κ3) is 3.10. The minimum atomic E-state index is -0.225. The van der Waals surface area contributed by atoms with Crippen molar-refractivity contribution in [3.8, 4) is 0 Å². The summed E-state index contributed by atoms with van der Waals surface area (Å²) in [6.07, 6.45) is 6.57. The molecule has 0 saturated heterocycles. The summed E-state index contributed by atoms with van der Waals surface area (Å²) < 4.78 is 5.64. The van der Waals surface area contributed by atoms with Crippen molar-refractivity contribution in [3.63, 3.8) is 0 Å². The molecule has 2 heteroatoms. The lowest BCUT2D eigenvalue weighted by Gasteiger charge is -2.39. The highest BCUT2D eigenvalue weighted by molar-refractivity contribution is 5.87. The fraction of sp³-hybridized carbons (Fsp3) is 0.786. The topological polar surface area (TPSA) is 26.3 Å². The maximum absolute atomic E-state index is 11.6. The Balaban J connectivity index is 2.59. The van der Waals surface area contributed by atoms with E-state index >= 15 is 0 Å². The van der Waals surface area contributed by atoms with Crippen molar-refractivity contribution in [2.45, 2.75) is 64.9 Å². The van der Waals surface area contributed by atoms with E-state index in [1.54, 1.807) is 6.92 Å². The quantitative estimate of drug-likeness (QED) is 0.535. The van der Waals surface area contributed by atoms with Gasteiger partial charge in [-0.05, 0) is 44.9 Å². The highest BCUT2D eigenvalue weighted by atomic mass is 16.6. The van der Waals surface area contributed by atoms with Crippen molar-refractivity contribution in [2.75, 3.05) is 0 Å². The molecule has 92 valence electrons. The molecule has 0 heterocycles. The molecular weight excluding hydrogens is 200 g/mol. The minimum absolute atomic E-state index is 0.207. The summed E-state index contributed by atoms with van der Waals surface area (Å²) in [6, 6.07) is 0. The van der Waals surface area contributed by atoms with E-state index < -0.39 is 0 Å². The Morgan fingerprint density at radius 2 is 1.94 bits per heavy atom. The zero-order valence-corrected chi connectivity index (χ0v) is 10.8. The molecule has 0 amide bonds. The van der Waals surface area contributed by atoms with Crippen LogP contribution in [0, 0.1) is 5.92 Å². The molecule has 1 fully saturated rings. The van der Waals surface area contributed by atoms with Crippen molar-refractivity contribution in [2.24, 2.45) is 5.92 Å². The summed E-state index contributed by atoms with van der Waals surface area (Å²) in [4.78, 5) is 11.6. The van der Waals surface area contributed by atoms with Crippen molar-refractivity contribution in [1.29, 1.82) is 0 Å². The van der Waals surface area contributed by atoms with Crippen LogP contribution in [0.3, 0.4) is 0 Å². The first-order valence-electron chi connectivity index (χ1n) is 6.42. The van der Waals surface area contributed by atoms with E-state index in [0.717, 1.165) is 25.2 Å². The first-order valence-corrected chi connectivity index (χ1v) is 6.42. The first kappa shape index (κ1) is 13.3. The maximum Gasteiger partial charge on any atom is 0.333 e. The summed E-state index contributed by atoms with van der Waals surface area (Å²) in [5.74, 6) is 0.597. The normalized spacial score (nSPS) is 29.8. The summed E-state index contributed by atoms with van der Waals surface area (Å²) in [5.41, 5.74) is 0.298. The molecule has 1 aliphatic carbocycles. The fourth-order valence-corrected chi connectivity index (χ4v) is 2.42. The molecule has 0 aromatic carbocycles. The molecule has 0 aliphatic heterocycles. The number of rotatable bonds is 4. The Hall–Kier alpha value is -0.790. The second kappa shape index (κ2) is 5.51. The van der Waals surface area contributed by atoms with Crippen LogP contribution >= 0.6 is 0 Å². The average Bonchev–Trinajstić information content (AvgIpc) is 2.29. The van der Waals surface area contributed by atoms with Crippen LogP contribution in [0.15, 0.2) is 12.2 Å². The zero-order valence-electron chi connectivity index (χ0n) is 10.8. The highest BCUT2D eigenvalue weighted by Crippen LogP contribution is 2.38. The third-order valence-electron chi connectivity index (χ3n) is 3.90. The smallest absolute Gasteiger partial charge is 0.333 e. The van der Waals surface area contributed by atoms with Gasteiger partial charge in [-0.15, -0.1) is 0 Å². The summed E-state index contributed by atoms with van der Waals surface area (Å²) in [6.45, 7) is 9.70. The number of hydrogen-bond acceptors (Lipinski definition) is 2. The van der Waals surface area contributed by atoms with Gasteiger partial charge in [0.1, 0.15) is 5.60 Å².